The van der Waals surface area contributed by atoms with Crippen LogP contribution in [-0.4, -0.2) is 9.97 Å². The predicted molar refractivity (Wildman–Crippen MR) is 229 cm³/mol. The molecule has 11 aromatic rings. The van der Waals surface area contributed by atoms with Crippen molar-refractivity contribution in [2.45, 2.75) is 0 Å². The molecule has 4 heteroatoms. The van der Waals surface area contributed by atoms with Crippen molar-refractivity contribution < 1.29 is 8.83 Å². The van der Waals surface area contributed by atoms with Crippen molar-refractivity contribution >= 4 is 43.9 Å². The highest BCUT2D eigenvalue weighted by Crippen LogP contribution is 2.46. The van der Waals surface area contributed by atoms with Gasteiger partial charge in [0.25, 0.3) is 0 Å². The van der Waals surface area contributed by atoms with Gasteiger partial charge >= 0.3 is 0 Å². The van der Waals surface area contributed by atoms with E-state index in [1.807, 2.05) is 60.7 Å². The summed E-state index contributed by atoms with van der Waals surface area (Å²) in [5.41, 5.74) is 14.4. The van der Waals surface area contributed by atoms with Crippen LogP contribution >= 0.6 is 0 Å². The maximum Gasteiger partial charge on any atom is 0.161 e. The van der Waals surface area contributed by atoms with E-state index in [-0.39, 0.29) is 0 Å². The van der Waals surface area contributed by atoms with Crippen molar-refractivity contribution in [2.75, 3.05) is 0 Å². The summed E-state index contributed by atoms with van der Waals surface area (Å²) in [5.74, 6) is 0.635. The average molecular weight is 717 g/mol. The summed E-state index contributed by atoms with van der Waals surface area (Å²) < 4.78 is 13.5. The molecule has 0 radical (unpaired) electrons. The number of hydrogen-bond donors (Lipinski definition) is 0. The Balaban J connectivity index is 1.21. The van der Waals surface area contributed by atoms with Crippen LogP contribution in [0.15, 0.2) is 203 Å². The monoisotopic (exact) mass is 716 g/mol. The zero-order chi connectivity index (χ0) is 37.0. The first-order chi connectivity index (χ1) is 27.8. The van der Waals surface area contributed by atoms with Crippen molar-refractivity contribution in [3.05, 3.63) is 194 Å². The van der Waals surface area contributed by atoms with E-state index in [2.05, 4.69) is 133 Å². The zero-order valence-electron chi connectivity index (χ0n) is 30.2. The third-order valence-electron chi connectivity index (χ3n) is 10.7. The number of furan rings is 2. The molecule has 0 aliphatic heterocycles. The van der Waals surface area contributed by atoms with Crippen LogP contribution in [0.3, 0.4) is 0 Å². The van der Waals surface area contributed by atoms with Gasteiger partial charge < -0.3 is 8.83 Å². The van der Waals surface area contributed by atoms with Gasteiger partial charge in [-0.25, -0.2) is 9.97 Å². The maximum absolute atomic E-state index is 7.21. The highest BCUT2D eigenvalue weighted by atomic mass is 16.3. The molecule has 3 heterocycles. The first-order valence-electron chi connectivity index (χ1n) is 18.8. The summed E-state index contributed by atoms with van der Waals surface area (Å²) in [6, 6.07) is 67.1. The fourth-order valence-corrected chi connectivity index (χ4v) is 8.10. The quantitative estimate of drug-likeness (QED) is 0.172. The molecule has 0 fully saturated rings. The van der Waals surface area contributed by atoms with Gasteiger partial charge in [-0.15, -0.1) is 0 Å². The van der Waals surface area contributed by atoms with E-state index in [1.54, 1.807) is 0 Å². The summed E-state index contributed by atoms with van der Waals surface area (Å²) in [7, 11) is 0. The van der Waals surface area contributed by atoms with E-state index in [0.717, 1.165) is 105 Å². The number of aromatic nitrogens is 2. The maximum atomic E-state index is 7.21. The van der Waals surface area contributed by atoms with Gasteiger partial charge in [0.15, 0.2) is 5.82 Å². The molecule has 0 aliphatic rings. The molecule has 0 atom stereocenters. The molecular weight excluding hydrogens is 685 g/mol. The van der Waals surface area contributed by atoms with Crippen LogP contribution in [-0.2, 0) is 0 Å². The Labute approximate surface area is 323 Å². The molecule has 0 unspecified atom stereocenters. The average Bonchev–Trinajstić information content (AvgIpc) is 3.86. The van der Waals surface area contributed by atoms with Crippen LogP contribution in [0.25, 0.3) is 111 Å². The molecule has 0 spiro atoms. The first kappa shape index (κ1) is 31.9. The van der Waals surface area contributed by atoms with Gasteiger partial charge in [0, 0.05) is 49.4 Å². The highest BCUT2D eigenvalue weighted by Gasteiger charge is 2.23. The smallest absolute Gasteiger partial charge is 0.161 e. The predicted octanol–water partition coefficient (Wildman–Crippen LogP) is 14.3. The zero-order valence-corrected chi connectivity index (χ0v) is 30.2. The van der Waals surface area contributed by atoms with Crippen molar-refractivity contribution in [2.24, 2.45) is 0 Å². The molecule has 4 nitrogen and oxygen atoms in total. The number of para-hydroxylation sites is 2. The summed E-state index contributed by atoms with van der Waals surface area (Å²) >= 11 is 0. The molecule has 0 N–H and O–H groups in total. The molecule has 8 aromatic carbocycles. The minimum absolute atomic E-state index is 0.635. The van der Waals surface area contributed by atoms with Gasteiger partial charge in [0.1, 0.15) is 22.3 Å². The van der Waals surface area contributed by atoms with Crippen LogP contribution < -0.4 is 0 Å². The number of rotatable bonds is 6. The Morgan fingerprint density at radius 3 is 1.61 bits per heavy atom. The van der Waals surface area contributed by atoms with Crippen molar-refractivity contribution in [3.63, 3.8) is 0 Å². The van der Waals surface area contributed by atoms with Crippen LogP contribution in [0.2, 0.25) is 0 Å². The molecule has 56 heavy (non-hydrogen) atoms. The third kappa shape index (κ3) is 5.31. The second-order valence-electron chi connectivity index (χ2n) is 14.1. The van der Waals surface area contributed by atoms with Crippen LogP contribution in [0.5, 0.6) is 0 Å². The molecular formula is C52H32N2O2. The van der Waals surface area contributed by atoms with Gasteiger partial charge in [-0.3, -0.25) is 0 Å². The largest absolute Gasteiger partial charge is 0.456 e. The standard InChI is InChI=1S/C52H32N2O2/c1-4-15-33(16-5-1)36-21-12-22-37(31-36)38-29-30-43(52-53-44(34-17-6-2-7-18-34)32-45(54-52)35-19-8-3-9-20-35)49-42-26-13-25-40(50(42)56-51(38)49)39-24-14-28-47-48(39)41-23-10-11-27-46(41)55-47/h1-32H. The van der Waals surface area contributed by atoms with Gasteiger partial charge in [0.05, 0.1) is 11.4 Å². The Morgan fingerprint density at radius 2 is 0.857 bits per heavy atom. The number of hydrogen-bond acceptors (Lipinski definition) is 4. The molecule has 3 aromatic heterocycles. The van der Waals surface area contributed by atoms with Gasteiger partial charge in [-0.1, -0.05) is 158 Å². The van der Waals surface area contributed by atoms with Crippen LogP contribution in [0.1, 0.15) is 0 Å². The molecule has 0 saturated carbocycles. The summed E-state index contributed by atoms with van der Waals surface area (Å²) in [6.45, 7) is 0. The lowest BCUT2D eigenvalue weighted by Crippen LogP contribution is -1.96. The Kier molecular flexibility index (Phi) is 7.46. The third-order valence-corrected chi connectivity index (χ3v) is 10.7. The molecule has 0 amide bonds. The fourth-order valence-electron chi connectivity index (χ4n) is 8.10. The lowest BCUT2D eigenvalue weighted by atomic mass is 9.94. The van der Waals surface area contributed by atoms with E-state index in [0.29, 0.717) is 5.82 Å². The van der Waals surface area contributed by atoms with E-state index < -0.39 is 0 Å². The Hall–Kier alpha value is -7.56. The second-order valence-corrected chi connectivity index (χ2v) is 14.1. The Morgan fingerprint density at radius 1 is 0.304 bits per heavy atom. The molecule has 262 valence electrons. The summed E-state index contributed by atoms with van der Waals surface area (Å²) in [6.07, 6.45) is 0. The van der Waals surface area contributed by atoms with Crippen molar-refractivity contribution in [3.8, 4) is 67.3 Å². The lowest BCUT2D eigenvalue weighted by molar-refractivity contribution is 0.669. The van der Waals surface area contributed by atoms with Crippen LogP contribution in [0.4, 0.5) is 0 Å². The van der Waals surface area contributed by atoms with E-state index in [1.165, 1.54) is 0 Å². The SMILES string of the molecule is c1ccc(-c2cccc(-c3ccc(-c4nc(-c5ccccc5)cc(-c5ccccc5)n4)c4c3oc3c(-c5cccc6oc7ccccc7c56)cccc34)c2)cc1. The molecule has 0 saturated heterocycles. The molecule has 0 aliphatic carbocycles. The topological polar surface area (TPSA) is 52.1 Å². The minimum atomic E-state index is 0.635. The Bertz CT molecular complexity index is 3180. The van der Waals surface area contributed by atoms with Gasteiger partial charge in [0.2, 0.25) is 0 Å². The van der Waals surface area contributed by atoms with E-state index in [4.69, 9.17) is 18.8 Å². The fraction of sp³-hybridized carbons (Fsp3) is 0. The number of nitrogens with zero attached hydrogens (tertiary/aromatic N) is 2. The van der Waals surface area contributed by atoms with Crippen molar-refractivity contribution in [1.82, 2.24) is 9.97 Å². The van der Waals surface area contributed by atoms with Gasteiger partial charge in [-0.2, -0.15) is 0 Å². The number of fused-ring (bicyclic) bond motifs is 6. The summed E-state index contributed by atoms with van der Waals surface area (Å²) in [4.78, 5) is 10.6. The van der Waals surface area contributed by atoms with Crippen LogP contribution in [0, 0.1) is 0 Å². The normalized spacial score (nSPS) is 11.6. The highest BCUT2D eigenvalue weighted by molar-refractivity contribution is 6.21. The molecule has 0 bridgehead atoms. The summed E-state index contributed by atoms with van der Waals surface area (Å²) in [5, 5.41) is 4.11. The second kappa shape index (κ2) is 13.1. The van der Waals surface area contributed by atoms with Crippen molar-refractivity contribution in [1.29, 1.82) is 0 Å². The van der Waals surface area contributed by atoms with E-state index in [9.17, 15) is 0 Å². The number of benzene rings is 8. The lowest BCUT2D eigenvalue weighted by Gasteiger charge is -2.12. The van der Waals surface area contributed by atoms with E-state index >= 15 is 0 Å². The first-order valence-corrected chi connectivity index (χ1v) is 18.8. The van der Waals surface area contributed by atoms with Gasteiger partial charge in [-0.05, 0) is 58.7 Å². The molecule has 11 rings (SSSR count). The minimum Gasteiger partial charge on any atom is -0.456 e.